The summed E-state index contributed by atoms with van der Waals surface area (Å²) in [6, 6.07) is 10.8. The molecule has 6 nitrogen and oxygen atoms in total. The van der Waals surface area contributed by atoms with Crippen LogP contribution in [-0.2, 0) is 4.79 Å². The number of carbonyl (C=O) groups excluding carboxylic acids is 1. The Morgan fingerprint density at radius 3 is 2.57 bits per heavy atom. The minimum Gasteiger partial charge on any atom is -0.481 e. The van der Waals surface area contributed by atoms with Gasteiger partial charge in [0.1, 0.15) is 5.82 Å². The number of aromatic nitrogens is 1. The van der Waals surface area contributed by atoms with Crippen LogP contribution in [0.2, 0.25) is 5.02 Å². The molecule has 28 heavy (non-hydrogen) atoms. The molecule has 0 saturated heterocycles. The average molecular weight is 402 g/mol. The molecule has 0 spiro atoms. The smallest absolute Gasteiger partial charge is 0.327 e. The van der Waals surface area contributed by atoms with Gasteiger partial charge in [-0.25, -0.2) is 9.78 Å². The molecule has 1 aliphatic carbocycles. The van der Waals surface area contributed by atoms with Gasteiger partial charge in [0, 0.05) is 24.3 Å². The molecule has 3 rings (SSSR count). The number of pyridine rings is 1. The summed E-state index contributed by atoms with van der Waals surface area (Å²) in [7, 11) is 0. The van der Waals surface area contributed by atoms with Crippen molar-refractivity contribution in [3.8, 4) is 0 Å². The highest BCUT2D eigenvalue weighted by Crippen LogP contribution is 2.39. The normalized spacial score (nSPS) is 18.4. The van der Waals surface area contributed by atoms with Gasteiger partial charge in [0.2, 0.25) is 0 Å². The first-order valence-corrected chi connectivity index (χ1v) is 9.75. The zero-order valence-corrected chi connectivity index (χ0v) is 16.7. The van der Waals surface area contributed by atoms with E-state index in [2.05, 4.69) is 24.1 Å². The third-order valence-electron chi connectivity index (χ3n) is 5.04. The lowest BCUT2D eigenvalue weighted by atomic mass is 9.77. The lowest BCUT2D eigenvalue weighted by Gasteiger charge is -2.43. The van der Waals surface area contributed by atoms with Crippen molar-refractivity contribution in [3.63, 3.8) is 0 Å². The molecule has 0 unspecified atom stereocenters. The number of hydrogen-bond acceptors (Lipinski definition) is 3. The zero-order valence-electron chi connectivity index (χ0n) is 15.9. The van der Waals surface area contributed by atoms with Gasteiger partial charge in [-0.2, -0.15) is 0 Å². The lowest BCUT2D eigenvalue weighted by molar-refractivity contribution is -0.138. The number of para-hydroxylation sites is 1. The highest BCUT2D eigenvalue weighted by atomic mass is 35.5. The fourth-order valence-electron chi connectivity index (χ4n) is 3.61. The summed E-state index contributed by atoms with van der Waals surface area (Å²) in [5, 5.41) is 12.4. The van der Waals surface area contributed by atoms with Crippen molar-refractivity contribution in [2.75, 3.05) is 10.2 Å². The highest BCUT2D eigenvalue weighted by Gasteiger charge is 2.38. The SMILES string of the molecule is CC(C)c1ccccc1N(C(=O)Nc1ccc(Cl)cn1)C1CC(CC(=O)O)C1. The zero-order chi connectivity index (χ0) is 20.3. The molecule has 2 N–H and O–H groups in total. The number of carboxylic acids is 1. The van der Waals surface area contributed by atoms with Gasteiger partial charge in [-0.15, -0.1) is 0 Å². The second-order valence-corrected chi connectivity index (χ2v) is 7.90. The average Bonchev–Trinajstić information content (AvgIpc) is 2.61. The largest absolute Gasteiger partial charge is 0.481 e. The van der Waals surface area contributed by atoms with Crippen LogP contribution in [0.15, 0.2) is 42.6 Å². The molecular weight excluding hydrogens is 378 g/mol. The molecule has 2 aromatic rings. The number of aliphatic carboxylic acids is 1. The summed E-state index contributed by atoms with van der Waals surface area (Å²) in [6.07, 6.45) is 2.95. The molecule has 1 aromatic carbocycles. The van der Waals surface area contributed by atoms with E-state index in [4.69, 9.17) is 16.7 Å². The summed E-state index contributed by atoms with van der Waals surface area (Å²) in [6.45, 7) is 4.17. The van der Waals surface area contributed by atoms with Crippen molar-refractivity contribution < 1.29 is 14.7 Å². The maximum Gasteiger partial charge on any atom is 0.327 e. The van der Waals surface area contributed by atoms with Gasteiger partial charge in [-0.3, -0.25) is 15.0 Å². The van der Waals surface area contributed by atoms with Gasteiger partial charge in [-0.1, -0.05) is 43.6 Å². The van der Waals surface area contributed by atoms with Crippen molar-refractivity contribution in [3.05, 3.63) is 53.2 Å². The third kappa shape index (κ3) is 4.62. The summed E-state index contributed by atoms with van der Waals surface area (Å²) in [5.41, 5.74) is 1.92. The highest BCUT2D eigenvalue weighted by molar-refractivity contribution is 6.30. The third-order valence-corrected chi connectivity index (χ3v) is 5.26. The standard InChI is InChI=1S/C21H24ClN3O3/c1-13(2)17-5-3-4-6-18(17)25(16-9-14(10-16)11-20(26)27)21(28)24-19-8-7-15(22)12-23-19/h3-8,12-14,16H,9-11H2,1-2H3,(H,26,27)(H,23,24,28). The number of carboxylic acid groups (broad SMARTS) is 1. The van der Waals surface area contributed by atoms with Crippen LogP contribution in [0.25, 0.3) is 0 Å². The molecule has 1 saturated carbocycles. The molecule has 1 aromatic heterocycles. The Kier molecular flexibility index (Phi) is 6.19. The number of anilines is 2. The van der Waals surface area contributed by atoms with Crippen LogP contribution in [0, 0.1) is 5.92 Å². The van der Waals surface area contributed by atoms with Crippen molar-refractivity contribution in [1.29, 1.82) is 0 Å². The van der Waals surface area contributed by atoms with Crippen molar-refractivity contribution in [1.82, 2.24) is 4.98 Å². The Bertz CT molecular complexity index is 848. The van der Waals surface area contributed by atoms with Crippen LogP contribution >= 0.6 is 11.6 Å². The first kappa shape index (κ1) is 20.1. The van der Waals surface area contributed by atoms with E-state index in [0.29, 0.717) is 23.7 Å². The van der Waals surface area contributed by atoms with Crippen LogP contribution in [0.5, 0.6) is 0 Å². The van der Waals surface area contributed by atoms with Gasteiger partial charge in [0.25, 0.3) is 0 Å². The van der Waals surface area contributed by atoms with E-state index in [1.54, 1.807) is 17.0 Å². The van der Waals surface area contributed by atoms with Gasteiger partial charge in [-0.05, 0) is 48.4 Å². The first-order chi connectivity index (χ1) is 13.3. The van der Waals surface area contributed by atoms with E-state index in [9.17, 15) is 9.59 Å². The molecule has 0 aliphatic heterocycles. The molecule has 1 aliphatic rings. The van der Waals surface area contributed by atoms with Crippen LogP contribution in [0.1, 0.15) is 44.6 Å². The Morgan fingerprint density at radius 1 is 1.25 bits per heavy atom. The second-order valence-electron chi connectivity index (χ2n) is 7.46. The van der Waals surface area contributed by atoms with E-state index in [-0.39, 0.29) is 30.3 Å². The summed E-state index contributed by atoms with van der Waals surface area (Å²) >= 11 is 5.87. The minimum atomic E-state index is -0.799. The van der Waals surface area contributed by atoms with Crippen molar-refractivity contribution in [2.45, 2.75) is 45.1 Å². The van der Waals surface area contributed by atoms with Gasteiger partial charge in [0.05, 0.1) is 5.02 Å². The Hall–Kier alpha value is -2.60. The monoisotopic (exact) mass is 401 g/mol. The first-order valence-electron chi connectivity index (χ1n) is 9.37. The van der Waals surface area contributed by atoms with Gasteiger partial charge < -0.3 is 5.11 Å². The molecule has 7 heteroatoms. The van der Waals surface area contributed by atoms with E-state index in [0.717, 1.165) is 11.3 Å². The molecule has 1 fully saturated rings. The van der Waals surface area contributed by atoms with E-state index in [1.807, 2.05) is 24.3 Å². The molecule has 0 bridgehead atoms. The van der Waals surface area contributed by atoms with Crippen LogP contribution in [0.4, 0.5) is 16.3 Å². The van der Waals surface area contributed by atoms with E-state index < -0.39 is 5.97 Å². The Labute approximate surface area is 169 Å². The number of nitrogens with zero attached hydrogens (tertiary/aromatic N) is 2. The number of nitrogens with one attached hydrogen (secondary N) is 1. The van der Waals surface area contributed by atoms with Crippen LogP contribution in [-0.4, -0.2) is 28.1 Å². The summed E-state index contributed by atoms with van der Waals surface area (Å²) in [5.74, 6) is -0.0389. The predicted octanol–water partition coefficient (Wildman–Crippen LogP) is 5.15. The maximum atomic E-state index is 13.2. The maximum absolute atomic E-state index is 13.2. The lowest BCUT2D eigenvalue weighted by Crippen LogP contribution is -2.50. The van der Waals surface area contributed by atoms with Crippen LogP contribution < -0.4 is 10.2 Å². The number of halogens is 1. The molecule has 0 radical (unpaired) electrons. The van der Waals surface area contributed by atoms with Crippen molar-refractivity contribution in [2.24, 2.45) is 5.92 Å². The number of carbonyl (C=O) groups is 2. The number of amides is 2. The fraction of sp³-hybridized carbons (Fsp3) is 0.381. The topological polar surface area (TPSA) is 82.5 Å². The van der Waals surface area contributed by atoms with E-state index in [1.165, 1.54) is 6.20 Å². The van der Waals surface area contributed by atoms with Crippen LogP contribution in [0.3, 0.4) is 0 Å². The molecular formula is C21H24ClN3O3. The quantitative estimate of drug-likeness (QED) is 0.701. The Balaban J connectivity index is 1.86. The minimum absolute atomic E-state index is 0.0449. The molecule has 1 heterocycles. The van der Waals surface area contributed by atoms with E-state index >= 15 is 0 Å². The van der Waals surface area contributed by atoms with Gasteiger partial charge in [0.15, 0.2) is 0 Å². The fourth-order valence-corrected chi connectivity index (χ4v) is 3.72. The number of urea groups is 1. The number of rotatable bonds is 6. The predicted molar refractivity (Wildman–Crippen MR) is 110 cm³/mol. The molecule has 148 valence electrons. The Morgan fingerprint density at radius 2 is 1.96 bits per heavy atom. The molecule has 0 atom stereocenters. The van der Waals surface area contributed by atoms with Gasteiger partial charge >= 0.3 is 12.0 Å². The summed E-state index contributed by atoms with van der Waals surface area (Å²) < 4.78 is 0. The summed E-state index contributed by atoms with van der Waals surface area (Å²) in [4.78, 5) is 30.0. The number of hydrogen-bond donors (Lipinski definition) is 2. The molecule has 2 amide bonds. The number of benzene rings is 1. The second kappa shape index (κ2) is 8.61. The van der Waals surface area contributed by atoms with Crippen molar-refractivity contribution >= 4 is 35.1 Å².